The number of methoxy groups -OCH3 is 1. The standard InChI is InChI=1S/C19H18Cl2FN3O/c1-26-10-9-25-17(13-5-7-15(22)8-6-13)12-24-19(25)23-11-14-3-2-4-16(20)18(14)21/h2-8,12H,9-11H2,1H3,(H,23,24). The maximum atomic E-state index is 13.2. The molecule has 0 bridgehead atoms. The molecule has 26 heavy (non-hydrogen) atoms. The number of aromatic nitrogens is 2. The molecule has 7 heteroatoms. The molecule has 136 valence electrons. The van der Waals surface area contributed by atoms with Crippen LogP contribution in [-0.4, -0.2) is 23.3 Å². The third kappa shape index (κ3) is 4.18. The average molecular weight is 394 g/mol. The first-order valence-corrected chi connectivity index (χ1v) is 8.83. The molecule has 1 heterocycles. The van der Waals surface area contributed by atoms with E-state index in [0.717, 1.165) is 16.8 Å². The van der Waals surface area contributed by atoms with Crippen LogP contribution in [0, 0.1) is 5.82 Å². The lowest BCUT2D eigenvalue weighted by Crippen LogP contribution is -2.12. The summed E-state index contributed by atoms with van der Waals surface area (Å²) < 4.78 is 20.4. The van der Waals surface area contributed by atoms with E-state index in [1.54, 1.807) is 31.5 Å². The zero-order valence-electron chi connectivity index (χ0n) is 14.2. The molecule has 1 N–H and O–H groups in total. The number of hydrogen-bond acceptors (Lipinski definition) is 3. The van der Waals surface area contributed by atoms with Crippen molar-refractivity contribution >= 4 is 29.2 Å². The van der Waals surface area contributed by atoms with Crippen LogP contribution in [0.1, 0.15) is 5.56 Å². The summed E-state index contributed by atoms with van der Waals surface area (Å²) in [6.07, 6.45) is 1.75. The van der Waals surface area contributed by atoms with Crippen molar-refractivity contribution in [3.63, 3.8) is 0 Å². The number of anilines is 1. The first-order chi connectivity index (χ1) is 12.6. The van der Waals surface area contributed by atoms with Crippen LogP contribution in [-0.2, 0) is 17.8 Å². The topological polar surface area (TPSA) is 39.1 Å². The Kier molecular flexibility index (Phi) is 6.14. The fourth-order valence-corrected chi connectivity index (χ4v) is 3.02. The van der Waals surface area contributed by atoms with Gasteiger partial charge in [-0.3, -0.25) is 0 Å². The van der Waals surface area contributed by atoms with E-state index in [4.69, 9.17) is 27.9 Å². The molecule has 1 aromatic heterocycles. The van der Waals surface area contributed by atoms with E-state index in [1.165, 1.54) is 12.1 Å². The van der Waals surface area contributed by atoms with E-state index in [9.17, 15) is 4.39 Å². The molecule has 4 nitrogen and oxygen atoms in total. The number of benzene rings is 2. The molecule has 0 aliphatic carbocycles. The molecule has 2 aromatic carbocycles. The van der Waals surface area contributed by atoms with E-state index in [-0.39, 0.29) is 5.82 Å². The van der Waals surface area contributed by atoms with Gasteiger partial charge < -0.3 is 14.6 Å². The van der Waals surface area contributed by atoms with Crippen molar-refractivity contribution in [1.82, 2.24) is 9.55 Å². The van der Waals surface area contributed by atoms with Gasteiger partial charge >= 0.3 is 0 Å². The minimum atomic E-state index is -0.273. The molecule has 0 amide bonds. The third-order valence-electron chi connectivity index (χ3n) is 3.98. The summed E-state index contributed by atoms with van der Waals surface area (Å²) in [4.78, 5) is 4.46. The Labute approximate surface area is 161 Å². The number of rotatable bonds is 7. The van der Waals surface area contributed by atoms with Gasteiger partial charge in [-0.05, 0) is 35.9 Å². The van der Waals surface area contributed by atoms with Crippen molar-refractivity contribution in [2.24, 2.45) is 0 Å². The molecule has 0 unspecified atom stereocenters. The summed E-state index contributed by atoms with van der Waals surface area (Å²) >= 11 is 12.3. The lowest BCUT2D eigenvalue weighted by Gasteiger charge is -2.14. The molecule has 0 aliphatic rings. The Morgan fingerprint density at radius 2 is 1.92 bits per heavy atom. The zero-order chi connectivity index (χ0) is 18.5. The smallest absolute Gasteiger partial charge is 0.203 e. The van der Waals surface area contributed by atoms with Crippen molar-refractivity contribution in [1.29, 1.82) is 0 Å². The quantitative estimate of drug-likeness (QED) is 0.595. The minimum Gasteiger partial charge on any atom is -0.383 e. The zero-order valence-corrected chi connectivity index (χ0v) is 15.7. The van der Waals surface area contributed by atoms with Crippen molar-refractivity contribution < 1.29 is 9.13 Å². The van der Waals surface area contributed by atoms with Gasteiger partial charge in [0.2, 0.25) is 5.95 Å². The number of imidazole rings is 1. The molecule has 3 aromatic rings. The normalized spacial score (nSPS) is 10.9. The predicted octanol–water partition coefficient (Wildman–Crippen LogP) is 5.25. The Bertz CT molecular complexity index is 881. The maximum absolute atomic E-state index is 13.2. The van der Waals surface area contributed by atoms with Crippen LogP contribution in [0.5, 0.6) is 0 Å². The van der Waals surface area contributed by atoms with Crippen LogP contribution >= 0.6 is 23.2 Å². The van der Waals surface area contributed by atoms with Crippen molar-refractivity contribution in [2.45, 2.75) is 13.1 Å². The molecular formula is C19H18Cl2FN3O. The second kappa shape index (κ2) is 8.54. The summed E-state index contributed by atoms with van der Waals surface area (Å²) in [5.41, 5.74) is 2.63. The molecule has 0 saturated heterocycles. The van der Waals surface area contributed by atoms with Gasteiger partial charge in [0.05, 0.1) is 28.5 Å². The molecule has 0 radical (unpaired) electrons. The van der Waals surface area contributed by atoms with Crippen molar-refractivity contribution in [2.75, 3.05) is 19.0 Å². The number of ether oxygens (including phenoxy) is 1. The van der Waals surface area contributed by atoms with Gasteiger partial charge in [-0.1, -0.05) is 35.3 Å². The molecule has 0 spiro atoms. The molecular weight excluding hydrogens is 376 g/mol. The van der Waals surface area contributed by atoms with Gasteiger partial charge in [0.25, 0.3) is 0 Å². The Hall–Kier alpha value is -2.08. The second-order valence-electron chi connectivity index (χ2n) is 5.68. The van der Waals surface area contributed by atoms with E-state index in [2.05, 4.69) is 10.3 Å². The van der Waals surface area contributed by atoms with Crippen LogP contribution in [0.4, 0.5) is 10.3 Å². The molecule has 0 aliphatic heterocycles. The predicted molar refractivity (Wildman–Crippen MR) is 103 cm³/mol. The highest BCUT2D eigenvalue weighted by Crippen LogP contribution is 2.27. The molecule has 3 rings (SSSR count). The Morgan fingerprint density at radius 3 is 2.65 bits per heavy atom. The van der Waals surface area contributed by atoms with Crippen LogP contribution in [0.2, 0.25) is 10.0 Å². The molecule has 0 fully saturated rings. The van der Waals surface area contributed by atoms with Crippen LogP contribution < -0.4 is 5.32 Å². The van der Waals surface area contributed by atoms with Gasteiger partial charge in [0, 0.05) is 25.8 Å². The van der Waals surface area contributed by atoms with Crippen LogP contribution in [0.3, 0.4) is 0 Å². The molecule has 0 saturated carbocycles. The highest BCUT2D eigenvalue weighted by atomic mass is 35.5. The summed E-state index contributed by atoms with van der Waals surface area (Å²) in [5, 5.41) is 4.33. The summed E-state index contributed by atoms with van der Waals surface area (Å²) in [6.45, 7) is 1.61. The first kappa shape index (κ1) is 18.7. The monoisotopic (exact) mass is 393 g/mol. The van der Waals surface area contributed by atoms with Gasteiger partial charge in [0.1, 0.15) is 5.82 Å². The van der Waals surface area contributed by atoms with Crippen molar-refractivity contribution in [3.05, 3.63) is 70.1 Å². The second-order valence-corrected chi connectivity index (χ2v) is 6.47. The largest absolute Gasteiger partial charge is 0.383 e. The number of nitrogens with one attached hydrogen (secondary N) is 1. The fourth-order valence-electron chi connectivity index (χ4n) is 2.64. The highest BCUT2D eigenvalue weighted by Gasteiger charge is 2.13. The minimum absolute atomic E-state index is 0.273. The van der Waals surface area contributed by atoms with Crippen LogP contribution in [0.25, 0.3) is 11.3 Å². The average Bonchev–Trinajstić information content (AvgIpc) is 3.04. The van der Waals surface area contributed by atoms with Crippen LogP contribution in [0.15, 0.2) is 48.7 Å². The number of nitrogens with zero attached hydrogens (tertiary/aromatic N) is 2. The number of hydrogen-bond donors (Lipinski definition) is 1. The van der Waals surface area contributed by atoms with Gasteiger partial charge in [-0.15, -0.1) is 0 Å². The Morgan fingerprint density at radius 1 is 1.15 bits per heavy atom. The fraction of sp³-hybridized carbons (Fsp3) is 0.211. The third-order valence-corrected chi connectivity index (χ3v) is 4.84. The lowest BCUT2D eigenvalue weighted by molar-refractivity contribution is 0.188. The van der Waals surface area contributed by atoms with Gasteiger partial charge in [-0.25, -0.2) is 9.37 Å². The van der Waals surface area contributed by atoms with E-state index < -0.39 is 0 Å². The van der Waals surface area contributed by atoms with Gasteiger partial charge in [-0.2, -0.15) is 0 Å². The first-order valence-electron chi connectivity index (χ1n) is 8.07. The summed E-state index contributed by atoms with van der Waals surface area (Å²) in [7, 11) is 1.65. The highest BCUT2D eigenvalue weighted by molar-refractivity contribution is 6.42. The van der Waals surface area contributed by atoms with E-state index in [1.807, 2.05) is 16.7 Å². The molecule has 0 atom stereocenters. The SMILES string of the molecule is COCCn1c(-c2ccc(F)cc2)cnc1NCc1cccc(Cl)c1Cl. The Balaban J connectivity index is 1.86. The maximum Gasteiger partial charge on any atom is 0.203 e. The van der Waals surface area contributed by atoms with Crippen molar-refractivity contribution in [3.8, 4) is 11.3 Å². The summed E-state index contributed by atoms with van der Waals surface area (Å²) in [6, 6.07) is 11.8. The van der Waals surface area contributed by atoms with E-state index in [0.29, 0.717) is 35.7 Å². The number of halogens is 3. The summed E-state index contributed by atoms with van der Waals surface area (Å²) in [5.74, 6) is 0.406. The lowest BCUT2D eigenvalue weighted by atomic mass is 10.1. The van der Waals surface area contributed by atoms with Gasteiger partial charge in [0.15, 0.2) is 0 Å². The van der Waals surface area contributed by atoms with E-state index >= 15 is 0 Å².